The Morgan fingerprint density at radius 1 is 1.18 bits per heavy atom. The van der Waals surface area contributed by atoms with Gasteiger partial charge in [0.15, 0.2) is 22.4 Å². The number of thiocarbonyl (C=S) groups is 1. The predicted octanol–water partition coefficient (Wildman–Crippen LogP) is 4.00. The van der Waals surface area contributed by atoms with E-state index in [4.69, 9.17) is 21.7 Å². The van der Waals surface area contributed by atoms with Crippen molar-refractivity contribution in [1.82, 2.24) is 10.2 Å². The Balaban J connectivity index is 1.90. The van der Waals surface area contributed by atoms with Crippen LogP contribution in [0.15, 0.2) is 59.8 Å². The molecule has 0 fully saturated rings. The summed E-state index contributed by atoms with van der Waals surface area (Å²) in [5.74, 6) is 1.27. The molecule has 0 saturated carbocycles. The normalized spacial score (nSPS) is 16.6. The van der Waals surface area contributed by atoms with Crippen LogP contribution in [0.25, 0.3) is 0 Å². The molecule has 0 saturated heterocycles. The largest absolute Gasteiger partial charge is 0.493 e. The maximum absolute atomic E-state index is 12.3. The number of Topliss-reactive ketones (excluding diaryl/α,β-unsaturated/α-hetero) is 1. The molecule has 6 heteroatoms. The van der Waals surface area contributed by atoms with Crippen LogP contribution in [0.5, 0.6) is 11.5 Å². The molecule has 1 aliphatic rings. The zero-order chi connectivity index (χ0) is 20.3. The third-order valence-electron chi connectivity index (χ3n) is 4.89. The molecule has 2 aromatic rings. The number of ketones is 1. The Bertz CT molecular complexity index is 925. The minimum Gasteiger partial charge on any atom is -0.493 e. The van der Waals surface area contributed by atoms with E-state index in [1.54, 1.807) is 14.0 Å². The molecule has 1 heterocycles. The molecule has 2 aromatic carbocycles. The Morgan fingerprint density at radius 3 is 2.54 bits per heavy atom. The van der Waals surface area contributed by atoms with Crippen molar-refractivity contribution in [1.29, 1.82) is 0 Å². The van der Waals surface area contributed by atoms with Gasteiger partial charge in [0.05, 0.1) is 13.2 Å². The standard InChI is InChI=1S/C22H24N2O3S/c1-14-20(15(2)25)21(23-22(28)24(14)3)17-10-11-18(19(12-17)26-4)27-13-16-8-6-5-7-9-16/h5-12,21H,13H2,1-4H3,(H,23,28)/t21-/m1/s1. The van der Waals surface area contributed by atoms with Gasteiger partial charge in [-0.2, -0.15) is 0 Å². The monoisotopic (exact) mass is 396 g/mol. The highest BCUT2D eigenvalue weighted by molar-refractivity contribution is 7.80. The molecule has 5 nitrogen and oxygen atoms in total. The number of carbonyl (C=O) groups excluding carboxylic acids is 1. The van der Waals surface area contributed by atoms with Gasteiger partial charge in [-0.15, -0.1) is 0 Å². The second-order valence-corrected chi connectivity index (χ2v) is 7.07. The molecule has 0 unspecified atom stereocenters. The first-order valence-corrected chi connectivity index (χ1v) is 9.43. The Morgan fingerprint density at radius 2 is 1.89 bits per heavy atom. The van der Waals surface area contributed by atoms with E-state index < -0.39 is 0 Å². The van der Waals surface area contributed by atoms with Gasteiger partial charge in [0.1, 0.15) is 6.61 Å². The summed E-state index contributed by atoms with van der Waals surface area (Å²) >= 11 is 5.42. The van der Waals surface area contributed by atoms with E-state index >= 15 is 0 Å². The van der Waals surface area contributed by atoms with E-state index in [0.717, 1.165) is 16.8 Å². The van der Waals surface area contributed by atoms with E-state index in [9.17, 15) is 4.79 Å². The third-order valence-corrected chi connectivity index (χ3v) is 5.28. The van der Waals surface area contributed by atoms with E-state index in [2.05, 4.69) is 5.32 Å². The van der Waals surface area contributed by atoms with Crippen molar-refractivity contribution < 1.29 is 14.3 Å². The molecule has 1 N–H and O–H groups in total. The van der Waals surface area contributed by atoms with Crippen molar-refractivity contribution in [2.75, 3.05) is 14.2 Å². The lowest BCUT2D eigenvalue weighted by molar-refractivity contribution is -0.114. The topological polar surface area (TPSA) is 50.8 Å². The number of nitrogens with one attached hydrogen (secondary N) is 1. The van der Waals surface area contributed by atoms with E-state index in [0.29, 0.717) is 28.8 Å². The first kappa shape index (κ1) is 19.9. The van der Waals surface area contributed by atoms with Gasteiger partial charge in [0.2, 0.25) is 0 Å². The Hall–Kier alpha value is -2.86. The van der Waals surface area contributed by atoms with Crippen LogP contribution >= 0.6 is 12.2 Å². The fraction of sp³-hybridized carbons (Fsp3) is 0.273. The highest BCUT2D eigenvalue weighted by Gasteiger charge is 2.31. The summed E-state index contributed by atoms with van der Waals surface area (Å²) in [6.07, 6.45) is 0. The van der Waals surface area contributed by atoms with Crippen LogP contribution < -0.4 is 14.8 Å². The zero-order valence-electron chi connectivity index (χ0n) is 16.5. The average Bonchev–Trinajstić information content (AvgIpc) is 2.70. The van der Waals surface area contributed by atoms with Gasteiger partial charge < -0.3 is 19.7 Å². The number of methoxy groups -OCH3 is 1. The van der Waals surface area contributed by atoms with Crippen LogP contribution in [0, 0.1) is 0 Å². The van der Waals surface area contributed by atoms with Gasteiger partial charge in [-0.25, -0.2) is 0 Å². The fourth-order valence-corrected chi connectivity index (χ4v) is 3.52. The minimum atomic E-state index is -0.321. The molecule has 0 bridgehead atoms. The second kappa shape index (κ2) is 8.44. The summed E-state index contributed by atoms with van der Waals surface area (Å²) in [6.45, 7) is 3.93. The number of nitrogens with zero attached hydrogens (tertiary/aromatic N) is 1. The summed E-state index contributed by atoms with van der Waals surface area (Å²) in [6, 6.07) is 15.3. The van der Waals surface area contributed by atoms with E-state index in [1.165, 1.54) is 0 Å². The summed E-state index contributed by atoms with van der Waals surface area (Å²) < 4.78 is 11.5. The predicted molar refractivity (Wildman–Crippen MR) is 113 cm³/mol. The van der Waals surface area contributed by atoms with Crippen LogP contribution in [-0.2, 0) is 11.4 Å². The van der Waals surface area contributed by atoms with E-state index in [1.807, 2.05) is 67.4 Å². The van der Waals surface area contributed by atoms with Crippen molar-refractivity contribution in [2.24, 2.45) is 0 Å². The number of ether oxygens (including phenoxy) is 2. The van der Waals surface area contributed by atoms with Crippen molar-refractivity contribution in [3.05, 3.63) is 70.9 Å². The molecule has 3 rings (SSSR count). The lowest BCUT2D eigenvalue weighted by Gasteiger charge is -2.35. The molecular formula is C22H24N2O3S. The van der Waals surface area contributed by atoms with Gasteiger partial charge in [0, 0.05) is 18.3 Å². The van der Waals surface area contributed by atoms with Crippen LogP contribution in [0.3, 0.4) is 0 Å². The number of rotatable bonds is 6. The lowest BCUT2D eigenvalue weighted by Crippen LogP contribution is -2.45. The van der Waals surface area contributed by atoms with Crippen molar-refractivity contribution in [3.8, 4) is 11.5 Å². The molecule has 1 aliphatic heterocycles. The van der Waals surface area contributed by atoms with Gasteiger partial charge in [-0.05, 0) is 49.3 Å². The quantitative estimate of drug-likeness (QED) is 0.745. The Labute approximate surface area is 170 Å². The lowest BCUT2D eigenvalue weighted by atomic mass is 9.92. The zero-order valence-corrected chi connectivity index (χ0v) is 17.3. The van der Waals surface area contributed by atoms with Crippen molar-refractivity contribution >= 4 is 23.1 Å². The second-order valence-electron chi connectivity index (χ2n) is 6.68. The molecule has 28 heavy (non-hydrogen) atoms. The highest BCUT2D eigenvalue weighted by atomic mass is 32.1. The van der Waals surface area contributed by atoms with Gasteiger partial charge >= 0.3 is 0 Å². The number of carbonyl (C=O) groups is 1. The summed E-state index contributed by atoms with van der Waals surface area (Å²) in [7, 11) is 3.46. The molecule has 0 aliphatic carbocycles. The maximum Gasteiger partial charge on any atom is 0.173 e. The van der Waals surface area contributed by atoms with Crippen LogP contribution in [0.4, 0.5) is 0 Å². The summed E-state index contributed by atoms with van der Waals surface area (Å²) in [4.78, 5) is 14.1. The fourth-order valence-electron chi connectivity index (χ4n) is 3.26. The molecule has 0 radical (unpaired) electrons. The summed E-state index contributed by atoms with van der Waals surface area (Å²) in [5.41, 5.74) is 3.51. The van der Waals surface area contributed by atoms with Gasteiger partial charge in [0.25, 0.3) is 0 Å². The number of hydrogen-bond acceptors (Lipinski definition) is 4. The van der Waals surface area contributed by atoms with Crippen molar-refractivity contribution in [3.63, 3.8) is 0 Å². The molecule has 146 valence electrons. The molecule has 0 amide bonds. The molecule has 1 atom stereocenters. The third kappa shape index (κ3) is 4.02. The van der Waals surface area contributed by atoms with E-state index in [-0.39, 0.29) is 11.8 Å². The smallest absolute Gasteiger partial charge is 0.173 e. The number of hydrogen-bond donors (Lipinski definition) is 1. The van der Waals surface area contributed by atoms with Crippen molar-refractivity contribution in [2.45, 2.75) is 26.5 Å². The van der Waals surface area contributed by atoms with Crippen LogP contribution in [0.2, 0.25) is 0 Å². The first-order valence-electron chi connectivity index (χ1n) is 9.03. The van der Waals surface area contributed by atoms with Crippen LogP contribution in [0.1, 0.15) is 31.0 Å². The Kier molecular flexibility index (Phi) is 5.99. The average molecular weight is 397 g/mol. The molecule has 0 spiro atoms. The first-order chi connectivity index (χ1) is 13.4. The van der Waals surface area contributed by atoms with Gasteiger partial charge in [-0.3, -0.25) is 4.79 Å². The SMILES string of the molecule is COc1cc([C@H]2NC(=S)N(C)C(C)=C2C(C)=O)ccc1OCc1ccccc1. The molecule has 0 aromatic heterocycles. The molecular weight excluding hydrogens is 372 g/mol. The highest BCUT2D eigenvalue weighted by Crippen LogP contribution is 2.36. The minimum absolute atomic E-state index is 0.00715. The van der Waals surface area contributed by atoms with Crippen LogP contribution in [-0.4, -0.2) is 30.0 Å². The number of allylic oxidation sites excluding steroid dienone is 1. The van der Waals surface area contributed by atoms with Gasteiger partial charge in [-0.1, -0.05) is 36.4 Å². The number of benzene rings is 2. The summed E-state index contributed by atoms with van der Waals surface area (Å²) in [5, 5.41) is 3.83. The maximum atomic E-state index is 12.3.